The highest BCUT2D eigenvalue weighted by molar-refractivity contribution is 5.86. The van der Waals surface area contributed by atoms with E-state index in [-0.39, 0.29) is 37.1 Å². The van der Waals surface area contributed by atoms with Gasteiger partial charge in [0.1, 0.15) is 12.2 Å². The Balaban J connectivity index is 2.44. The number of carboxylic acid groups (broad SMARTS) is 2. The zero-order valence-corrected chi connectivity index (χ0v) is 18.1. The van der Waals surface area contributed by atoms with E-state index >= 15 is 0 Å². The minimum absolute atomic E-state index is 0.0169. The Morgan fingerprint density at radius 1 is 0.844 bits per heavy atom. The molecule has 2 unspecified atom stereocenters. The highest BCUT2D eigenvalue weighted by Gasteiger charge is 2.15. The van der Waals surface area contributed by atoms with Crippen molar-refractivity contribution >= 4 is 24.1 Å². The summed E-state index contributed by atoms with van der Waals surface area (Å²) in [6.07, 6.45) is -2.64. The van der Waals surface area contributed by atoms with E-state index in [1.165, 1.54) is 0 Å². The standard InChI is InChI=1S/C22H28N2O8/c1-13(19(25)26)8-15(3)31-21(29)23-11-17-6-5-7-18(10-17)12-24-22(30)32-16(4)9-14(2)20(27)28/h5-7,10,15-16H,1-2,8-9,11-12H2,3-4H3,(H,23,29)(H,24,30)(H,25,26)(H,27,28). The minimum Gasteiger partial charge on any atom is -0.478 e. The van der Waals surface area contributed by atoms with Crippen LogP contribution >= 0.6 is 0 Å². The summed E-state index contributed by atoms with van der Waals surface area (Å²) in [4.78, 5) is 45.3. The molecular formula is C22H28N2O8. The first-order valence-electron chi connectivity index (χ1n) is 9.76. The van der Waals surface area contributed by atoms with Crippen LogP contribution in [0.1, 0.15) is 37.8 Å². The first-order chi connectivity index (χ1) is 15.0. The maximum absolute atomic E-state index is 11.9. The van der Waals surface area contributed by atoms with E-state index in [1.54, 1.807) is 38.1 Å². The fraction of sp³-hybridized carbons (Fsp3) is 0.364. The predicted octanol–water partition coefficient (Wildman–Crippen LogP) is 2.98. The number of carbonyl (C=O) groups is 4. The Labute approximate surface area is 185 Å². The largest absolute Gasteiger partial charge is 0.478 e. The van der Waals surface area contributed by atoms with E-state index in [9.17, 15) is 19.2 Å². The van der Waals surface area contributed by atoms with Crippen molar-refractivity contribution < 1.29 is 38.9 Å². The highest BCUT2D eigenvalue weighted by Crippen LogP contribution is 2.09. The normalized spacial score (nSPS) is 12.1. The van der Waals surface area contributed by atoms with E-state index in [1.807, 2.05) is 0 Å². The van der Waals surface area contributed by atoms with Gasteiger partial charge in [0.25, 0.3) is 0 Å². The van der Waals surface area contributed by atoms with Gasteiger partial charge in [-0.05, 0) is 25.0 Å². The van der Waals surface area contributed by atoms with Crippen molar-refractivity contribution in [2.24, 2.45) is 0 Å². The molecular weight excluding hydrogens is 420 g/mol. The number of hydrogen-bond acceptors (Lipinski definition) is 6. The first kappa shape index (κ1) is 26.2. The second-order valence-corrected chi connectivity index (χ2v) is 7.18. The summed E-state index contributed by atoms with van der Waals surface area (Å²) in [5.74, 6) is -2.29. The number of amides is 2. The quantitative estimate of drug-likeness (QED) is 0.356. The van der Waals surface area contributed by atoms with Crippen molar-refractivity contribution in [3.8, 4) is 0 Å². The molecule has 0 radical (unpaired) electrons. The molecule has 0 fully saturated rings. The molecule has 0 aliphatic rings. The maximum atomic E-state index is 11.9. The van der Waals surface area contributed by atoms with Gasteiger partial charge in [0.05, 0.1) is 0 Å². The molecule has 0 saturated heterocycles. The van der Waals surface area contributed by atoms with Crippen LogP contribution in [-0.2, 0) is 32.2 Å². The van der Waals surface area contributed by atoms with Crippen LogP contribution < -0.4 is 10.6 Å². The van der Waals surface area contributed by atoms with Gasteiger partial charge in [-0.15, -0.1) is 0 Å². The number of ether oxygens (including phenoxy) is 2. The zero-order valence-electron chi connectivity index (χ0n) is 18.1. The van der Waals surface area contributed by atoms with Gasteiger partial charge in [-0.2, -0.15) is 0 Å². The lowest BCUT2D eigenvalue weighted by molar-refractivity contribution is -0.134. The molecule has 2 amide bonds. The average Bonchev–Trinajstić information content (AvgIpc) is 2.70. The molecule has 0 bridgehead atoms. The molecule has 2 atom stereocenters. The number of hydrogen-bond donors (Lipinski definition) is 4. The van der Waals surface area contributed by atoms with Crippen LogP contribution in [0.2, 0.25) is 0 Å². The van der Waals surface area contributed by atoms with Crippen molar-refractivity contribution in [2.45, 2.75) is 52.0 Å². The third-order valence-corrected chi connectivity index (χ3v) is 4.15. The third-order valence-electron chi connectivity index (χ3n) is 4.15. The van der Waals surface area contributed by atoms with Gasteiger partial charge in [0.15, 0.2) is 0 Å². The molecule has 32 heavy (non-hydrogen) atoms. The Morgan fingerprint density at radius 2 is 1.22 bits per heavy atom. The molecule has 0 aliphatic carbocycles. The molecule has 0 heterocycles. The summed E-state index contributed by atoms with van der Waals surface area (Å²) in [5.41, 5.74) is 1.40. The fourth-order valence-electron chi connectivity index (χ4n) is 2.60. The van der Waals surface area contributed by atoms with Crippen molar-refractivity contribution in [2.75, 3.05) is 0 Å². The molecule has 1 rings (SSSR count). The lowest BCUT2D eigenvalue weighted by Gasteiger charge is -2.15. The predicted molar refractivity (Wildman–Crippen MR) is 115 cm³/mol. The molecule has 0 saturated carbocycles. The maximum Gasteiger partial charge on any atom is 0.407 e. The fourth-order valence-corrected chi connectivity index (χ4v) is 2.60. The van der Waals surface area contributed by atoms with Crippen molar-refractivity contribution in [3.05, 3.63) is 59.7 Å². The molecule has 0 aromatic heterocycles. The monoisotopic (exact) mass is 448 g/mol. The van der Waals surface area contributed by atoms with Crippen LogP contribution in [0, 0.1) is 0 Å². The molecule has 10 nitrogen and oxygen atoms in total. The van der Waals surface area contributed by atoms with Crippen molar-refractivity contribution in [1.82, 2.24) is 10.6 Å². The van der Waals surface area contributed by atoms with E-state index in [4.69, 9.17) is 19.7 Å². The van der Waals surface area contributed by atoms with E-state index in [0.717, 1.165) is 11.1 Å². The van der Waals surface area contributed by atoms with Crippen LogP contribution in [0.4, 0.5) is 9.59 Å². The second-order valence-electron chi connectivity index (χ2n) is 7.18. The number of carboxylic acids is 2. The summed E-state index contributed by atoms with van der Waals surface area (Å²) in [6.45, 7) is 10.2. The molecule has 1 aromatic rings. The van der Waals surface area contributed by atoms with Crippen molar-refractivity contribution in [1.29, 1.82) is 0 Å². The number of rotatable bonds is 12. The van der Waals surface area contributed by atoms with Crippen LogP contribution in [0.3, 0.4) is 0 Å². The van der Waals surface area contributed by atoms with E-state index in [0.29, 0.717) is 0 Å². The SMILES string of the molecule is C=C(CC(C)OC(=O)NCc1cccc(CNC(=O)OC(C)CC(=C)C(=O)O)c1)C(=O)O. The van der Waals surface area contributed by atoms with Crippen LogP contribution in [0.25, 0.3) is 0 Å². The molecule has 174 valence electrons. The summed E-state index contributed by atoms with van der Waals surface area (Å²) in [7, 11) is 0. The van der Waals surface area contributed by atoms with Crippen LogP contribution in [-0.4, -0.2) is 46.5 Å². The second kappa shape index (κ2) is 12.8. The third kappa shape index (κ3) is 10.3. The molecule has 0 aliphatic heterocycles. The highest BCUT2D eigenvalue weighted by atomic mass is 16.6. The summed E-state index contributed by atoms with van der Waals surface area (Å²) in [6, 6.07) is 7.07. The zero-order chi connectivity index (χ0) is 24.3. The summed E-state index contributed by atoms with van der Waals surface area (Å²) in [5, 5.41) is 22.8. The summed E-state index contributed by atoms with van der Waals surface area (Å²) < 4.78 is 10.2. The lowest BCUT2D eigenvalue weighted by atomic mass is 10.1. The summed E-state index contributed by atoms with van der Waals surface area (Å²) >= 11 is 0. The Hall–Kier alpha value is -3.82. The van der Waals surface area contributed by atoms with Crippen LogP contribution in [0.5, 0.6) is 0 Å². The van der Waals surface area contributed by atoms with Gasteiger partial charge in [-0.25, -0.2) is 19.2 Å². The molecule has 10 heteroatoms. The topological polar surface area (TPSA) is 151 Å². The Bertz CT molecular complexity index is 813. The first-order valence-corrected chi connectivity index (χ1v) is 9.76. The van der Waals surface area contributed by atoms with E-state index in [2.05, 4.69) is 23.8 Å². The van der Waals surface area contributed by atoms with Gasteiger partial charge in [-0.1, -0.05) is 37.4 Å². The van der Waals surface area contributed by atoms with Crippen LogP contribution in [0.15, 0.2) is 48.6 Å². The average molecular weight is 448 g/mol. The Morgan fingerprint density at radius 3 is 1.56 bits per heavy atom. The van der Waals surface area contributed by atoms with E-state index < -0.39 is 36.3 Å². The number of nitrogens with one attached hydrogen (secondary N) is 2. The Kier molecular flexibility index (Phi) is 10.5. The van der Waals surface area contributed by atoms with Gasteiger partial charge in [0, 0.05) is 37.1 Å². The smallest absolute Gasteiger partial charge is 0.407 e. The van der Waals surface area contributed by atoms with Gasteiger partial charge < -0.3 is 30.3 Å². The minimum atomic E-state index is -1.14. The van der Waals surface area contributed by atoms with Gasteiger partial charge in [0.2, 0.25) is 0 Å². The molecule has 0 spiro atoms. The number of carbonyl (C=O) groups excluding carboxylic acids is 2. The number of aliphatic carboxylic acids is 2. The lowest BCUT2D eigenvalue weighted by Crippen LogP contribution is -2.28. The van der Waals surface area contributed by atoms with Crippen molar-refractivity contribution in [3.63, 3.8) is 0 Å². The van der Waals surface area contributed by atoms with Gasteiger partial charge in [-0.3, -0.25) is 0 Å². The molecule has 1 aromatic carbocycles. The van der Waals surface area contributed by atoms with Gasteiger partial charge >= 0.3 is 24.1 Å². The number of benzene rings is 1. The molecule has 4 N–H and O–H groups in total. The number of alkyl carbamates (subject to hydrolysis) is 2.